The molecule has 2 fully saturated rings. The fraction of sp³-hybridized carbons (Fsp3) is 0.382. The molecular weight excluding hydrogens is 642 g/mol. The van der Waals surface area contributed by atoms with E-state index in [2.05, 4.69) is 85.3 Å². The van der Waals surface area contributed by atoms with E-state index < -0.39 is 5.79 Å². The normalized spacial score (nSPS) is 24.2. The second kappa shape index (κ2) is 11.3. The summed E-state index contributed by atoms with van der Waals surface area (Å²) < 4.78 is 21.5. The van der Waals surface area contributed by atoms with Crippen LogP contribution in [0.15, 0.2) is 71.6 Å². The van der Waals surface area contributed by atoms with E-state index in [-0.39, 0.29) is 23.7 Å². The zero-order chi connectivity index (χ0) is 30.6. The minimum Gasteiger partial charge on any atom is -0.497 e. The number of nitrogens with zero attached hydrogens (tertiary/aromatic N) is 4. The van der Waals surface area contributed by atoms with Crippen LogP contribution in [0.25, 0.3) is 21.9 Å². The summed E-state index contributed by atoms with van der Waals surface area (Å²) in [5.41, 5.74) is 4.09. The smallest absolute Gasteiger partial charge is 0.163 e. The second-order valence-electron chi connectivity index (χ2n) is 12.6. The number of fused-ring (bicyclic) bond motifs is 3. The molecule has 1 aliphatic heterocycles. The number of aromatic nitrogens is 4. The molecule has 1 N–H and O–H groups in total. The number of ether oxygens (including phenoxy) is 3. The Morgan fingerprint density at radius 3 is 2.64 bits per heavy atom. The first kappa shape index (κ1) is 29.5. The first-order valence-corrected chi connectivity index (χ1v) is 16.1. The molecule has 4 heterocycles. The minimum atomic E-state index is -0.652. The fourth-order valence-corrected chi connectivity index (χ4v) is 7.52. The molecule has 4 atom stereocenters. The molecule has 7 rings (SSSR count). The van der Waals surface area contributed by atoms with Gasteiger partial charge in [-0.05, 0) is 95.9 Å². The van der Waals surface area contributed by atoms with E-state index in [4.69, 9.17) is 30.8 Å². The Labute approximate surface area is 270 Å². The van der Waals surface area contributed by atoms with Gasteiger partial charge in [-0.3, -0.25) is 0 Å². The number of rotatable bonds is 8. The number of hydrogen-bond donors (Lipinski definition) is 1. The van der Waals surface area contributed by atoms with Crippen molar-refractivity contribution in [3.63, 3.8) is 0 Å². The molecule has 5 aromatic rings. The summed E-state index contributed by atoms with van der Waals surface area (Å²) in [6, 6.07) is 18.8. The SMILES string of the molecule is COc1ccc(CNc2nc3cc(CC[C@@]4(C)C[C@@H](n5ccc6c(Cl)ncnc65)[C@@H]5OC(C)(C)O[C@@H]54)ccc3cc2Br)cc1. The largest absolute Gasteiger partial charge is 0.497 e. The van der Waals surface area contributed by atoms with Crippen molar-refractivity contribution in [2.24, 2.45) is 5.41 Å². The maximum Gasteiger partial charge on any atom is 0.163 e. The molecule has 1 saturated heterocycles. The van der Waals surface area contributed by atoms with E-state index in [9.17, 15) is 0 Å². The predicted molar refractivity (Wildman–Crippen MR) is 176 cm³/mol. The summed E-state index contributed by atoms with van der Waals surface area (Å²) >= 11 is 10.1. The lowest BCUT2D eigenvalue weighted by Crippen LogP contribution is -2.34. The highest BCUT2D eigenvalue weighted by Gasteiger charge is 2.59. The van der Waals surface area contributed by atoms with Crippen LogP contribution in [0.2, 0.25) is 5.15 Å². The molecule has 0 unspecified atom stereocenters. The number of hydrogen-bond acceptors (Lipinski definition) is 7. The molecule has 3 aromatic heterocycles. The molecule has 1 saturated carbocycles. The summed E-state index contributed by atoms with van der Waals surface area (Å²) in [5.74, 6) is 1.01. The minimum absolute atomic E-state index is 0.0412. The predicted octanol–water partition coefficient (Wildman–Crippen LogP) is 8.12. The van der Waals surface area contributed by atoms with E-state index in [1.54, 1.807) is 7.11 Å². The fourth-order valence-electron chi connectivity index (χ4n) is 6.85. The van der Waals surface area contributed by atoms with Gasteiger partial charge >= 0.3 is 0 Å². The Morgan fingerprint density at radius 2 is 1.84 bits per heavy atom. The third kappa shape index (κ3) is 5.44. The molecule has 10 heteroatoms. The molecule has 2 aliphatic rings. The van der Waals surface area contributed by atoms with Gasteiger partial charge in [0.2, 0.25) is 0 Å². The summed E-state index contributed by atoms with van der Waals surface area (Å²) in [4.78, 5) is 13.7. The van der Waals surface area contributed by atoms with Crippen LogP contribution in [-0.2, 0) is 22.4 Å². The zero-order valence-electron chi connectivity index (χ0n) is 25.2. The number of nitrogens with one attached hydrogen (secondary N) is 1. The van der Waals surface area contributed by atoms with Crippen LogP contribution in [0.3, 0.4) is 0 Å². The number of anilines is 1. The van der Waals surface area contributed by atoms with Crippen LogP contribution >= 0.6 is 27.5 Å². The van der Waals surface area contributed by atoms with Gasteiger partial charge in [-0.25, -0.2) is 15.0 Å². The molecule has 228 valence electrons. The summed E-state index contributed by atoms with van der Waals surface area (Å²) in [5, 5.41) is 5.89. The Balaban J connectivity index is 1.11. The molecule has 0 bridgehead atoms. The molecule has 2 aromatic carbocycles. The number of halogens is 2. The zero-order valence-corrected chi connectivity index (χ0v) is 27.5. The average molecular weight is 677 g/mol. The maximum atomic E-state index is 6.59. The molecule has 44 heavy (non-hydrogen) atoms. The summed E-state index contributed by atoms with van der Waals surface area (Å²) in [6.07, 6.45) is 6.20. The molecule has 8 nitrogen and oxygen atoms in total. The molecule has 0 amide bonds. The Bertz CT molecular complexity index is 1840. The van der Waals surface area contributed by atoms with Gasteiger partial charge in [-0.1, -0.05) is 42.8 Å². The van der Waals surface area contributed by atoms with Crippen molar-refractivity contribution in [2.45, 2.75) is 70.6 Å². The van der Waals surface area contributed by atoms with Crippen LogP contribution < -0.4 is 10.1 Å². The van der Waals surface area contributed by atoms with Crippen molar-refractivity contribution in [1.82, 2.24) is 19.5 Å². The number of aryl methyl sites for hydroxylation is 1. The van der Waals surface area contributed by atoms with E-state index in [0.29, 0.717) is 11.7 Å². The standard InChI is InChI=1S/C34H35BrClN5O3/c1-33(2)43-28-27(41-14-12-24-30(36)38-19-39-32(24)41)17-34(3,29(28)44-33)13-11-20-5-8-22-16-25(35)31(40-26(22)15-20)37-18-21-6-9-23(42-4)10-7-21/h5-10,12,14-16,19,27-29H,11,13,17-18H2,1-4H3,(H,37,40)/t27-,28+,29+,34+/m1/s1. The number of methoxy groups -OCH3 is 1. The third-order valence-electron chi connectivity index (χ3n) is 9.13. The van der Waals surface area contributed by atoms with Gasteiger partial charge in [-0.2, -0.15) is 0 Å². The Kier molecular flexibility index (Phi) is 7.56. The van der Waals surface area contributed by atoms with Crippen molar-refractivity contribution in [1.29, 1.82) is 0 Å². The van der Waals surface area contributed by atoms with Crippen LogP contribution in [-0.4, -0.2) is 44.6 Å². The van der Waals surface area contributed by atoms with Gasteiger partial charge in [-0.15, -0.1) is 0 Å². The second-order valence-corrected chi connectivity index (χ2v) is 13.8. The molecule has 1 aliphatic carbocycles. The summed E-state index contributed by atoms with van der Waals surface area (Å²) in [6.45, 7) is 7.00. The first-order valence-electron chi connectivity index (χ1n) is 14.9. The van der Waals surface area contributed by atoms with Crippen LogP contribution in [0.4, 0.5) is 5.82 Å². The lowest BCUT2D eigenvalue weighted by atomic mass is 9.80. The average Bonchev–Trinajstić information content (AvgIpc) is 3.66. The summed E-state index contributed by atoms with van der Waals surface area (Å²) in [7, 11) is 1.68. The van der Waals surface area contributed by atoms with E-state index in [0.717, 1.165) is 62.8 Å². The Hall–Kier alpha value is -3.24. The maximum absolute atomic E-state index is 6.59. The van der Waals surface area contributed by atoms with Gasteiger partial charge in [0.25, 0.3) is 0 Å². The molecule has 0 spiro atoms. The quantitative estimate of drug-likeness (QED) is 0.166. The van der Waals surface area contributed by atoms with Crippen molar-refractivity contribution in [3.05, 3.63) is 87.9 Å². The highest BCUT2D eigenvalue weighted by Crippen LogP contribution is 2.55. The molecule has 0 radical (unpaired) electrons. The number of pyridine rings is 1. The van der Waals surface area contributed by atoms with Gasteiger partial charge in [0, 0.05) is 18.1 Å². The highest BCUT2D eigenvalue weighted by atomic mass is 79.9. The van der Waals surface area contributed by atoms with Crippen LogP contribution in [0, 0.1) is 5.41 Å². The van der Waals surface area contributed by atoms with Crippen LogP contribution in [0.5, 0.6) is 5.75 Å². The van der Waals surface area contributed by atoms with E-state index >= 15 is 0 Å². The molecular formula is C34H35BrClN5O3. The van der Waals surface area contributed by atoms with Gasteiger partial charge in [0.15, 0.2) is 5.79 Å². The van der Waals surface area contributed by atoms with Crippen molar-refractivity contribution in [2.75, 3.05) is 12.4 Å². The lowest BCUT2D eigenvalue weighted by molar-refractivity contribution is -0.168. The van der Waals surface area contributed by atoms with E-state index in [1.165, 1.54) is 11.9 Å². The van der Waals surface area contributed by atoms with Crippen molar-refractivity contribution in [3.8, 4) is 5.75 Å². The Morgan fingerprint density at radius 1 is 1.05 bits per heavy atom. The lowest BCUT2D eigenvalue weighted by Gasteiger charge is -2.32. The number of benzene rings is 2. The van der Waals surface area contributed by atoms with Crippen molar-refractivity contribution >= 4 is 55.3 Å². The van der Waals surface area contributed by atoms with Gasteiger partial charge < -0.3 is 24.1 Å². The third-order valence-corrected chi connectivity index (χ3v) is 10.0. The van der Waals surface area contributed by atoms with Gasteiger partial charge in [0.05, 0.1) is 34.6 Å². The highest BCUT2D eigenvalue weighted by molar-refractivity contribution is 9.10. The van der Waals surface area contributed by atoms with E-state index in [1.807, 2.05) is 32.0 Å². The van der Waals surface area contributed by atoms with Crippen molar-refractivity contribution < 1.29 is 14.2 Å². The topological polar surface area (TPSA) is 83.3 Å². The van der Waals surface area contributed by atoms with Crippen LogP contribution in [0.1, 0.15) is 50.8 Å². The van der Waals surface area contributed by atoms with Gasteiger partial charge in [0.1, 0.15) is 34.8 Å². The monoisotopic (exact) mass is 675 g/mol. The first-order chi connectivity index (χ1) is 21.1.